The smallest absolute Gasteiger partial charge is 0.0630 e. The second-order valence-corrected chi connectivity index (χ2v) is 2.43. The maximum absolute atomic E-state index is 7.64. The first-order valence-corrected chi connectivity index (χ1v) is 3.44. The molecule has 2 rings (SSSR count). The maximum atomic E-state index is 7.64. The summed E-state index contributed by atoms with van der Waals surface area (Å²) in [5, 5.41) is 1.52. The van der Waals surface area contributed by atoms with E-state index in [1.54, 1.807) is 24.3 Å². The van der Waals surface area contributed by atoms with Crippen molar-refractivity contribution in [2.24, 2.45) is 0 Å². The molecule has 1 heteroatoms. The van der Waals surface area contributed by atoms with Crippen molar-refractivity contribution in [1.82, 2.24) is 0 Å². The highest BCUT2D eigenvalue weighted by Crippen LogP contribution is 2.15. The zero-order valence-corrected chi connectivity index (χ0v) is 5.96. The van der Waals surface area contributed by atoms with Crippen molar-refractivity contribution >= 4 is 16.5 Å². The maximum Gasteiger partial charge on any atom is 0.0630 e. The van der Waals surface area contributed by atoms with Crippen LogP contribution in [0.5, 0.6) is 0 Å². The average molecular weight is 145 g/mol. The van der Waals surface area contributed by atoms with Gasteiger partial charge >= 0.3 is 0 Å². The van der Waals surface area contributed by atoms with E-state index < -0.39 is 0 Å². The van der Waals surface area contributed by atoms with Crippen LogP contribution in [0.3, 0.4) is 0 Å². The summed E-state index contributed by atoms with van der Waals surface area (Å²) in [5.41, 5.74) is 6.13. The zero-order chi connectivity index (χ0) is 9.42. The minimum absolute atomic E-state index is 0.379. The standard InChI is InChI=1S/C10H9N/c11-10-6-5-8-3-1-2-4-9(8)7-10/h1-7H,11H2/i4D,5D. The van der Waals surface area contributed by atoms with Crippen molar-refractivity contribution in [3.05, 3.63) is 42.4 Å². The van der Waals surface area contributed by atoms with Crippen LogP contribution >= 0.6 is 0 Å². The molecule has 2 N–H and O–H groups in total. The van der Waals surface area contributed by atoms with E-state index in [4.69, 9.17) is 8.48 Å². The summed E-state index contributed by atoms with van der Waals surface area (Å²) in [4.78, 5) is 0. The van der Waals surface area contributed by atoms with Crippen LogP contribution in [0.4, 0.5) is 5.69 Å². The van der Waals surface area contributed by atoms with Crippen LogP contribution in [0.1, 0.15) is 2.74 Å². The van der Waals surface area contributed by atoms with Gasteiger partial charge in [-0.15, -0.1) is 0 Å². The number of benzene rings is 2. The van der Waals surface area contributed by atoms with Gasteiger partial charge in [0.25, 0.3) is 0 Å². The molecule has 0 aliphatic heterocycles. The molecular weight excluding hydrogens is 134 g/mol. The molecule has 54 valence electrons. The largest absolute Gasteiger partial charge is 0.399 e. The first kappa shape index (κ1) is 4.39. The minimum Gasteiger partial charge on any atom is -0.399 e. The number of anilines is 1. The summed E-state index contributed by atoms with van der Waals surface area (Å²) >= 11 is 0. The third-order valence-electron chi connectivity index (χ3n) is 1.59. The van der Waals surface area contributed by atoms with Gasteiger partial charge in [-0.3, -0.25) is 0 Å². The van der Waals surface area contributed by atoms with Crippen molar-refractivity contribution in [3.63, 3.8) is 0 Å². The Morgan fingerprint density at radius 3 is 2.91 bits per heavy atom. The number of nitrogens with two attached hydrogens (primary N) is 1. The highest BCUT2D eigenvalue weighted by atomic mass is 14.5. The normalized spacial score (nSPS) is 12.7. The number of fused-ring (bicyclic) bond motifs is 1. The zero-order valence-electron chi connectivity index (χ0n) is 7.96. The van der Waals surface area contributed by atoms with E-state index in [-0.39, 0.29) is 0 Å². The number of rotatable bonds is 0. The van der Waals surface area contributed by atoms with Crippen LogP contribution in [0.2, 0.25) is 0 Å². The lowest BCUT2D eigenvalue weighted by Crippen LogP contribution is -1.82. The predicted octanol–water partition coefficient (Wildman–Crippen LogP) is 2.42. The molecule has 0 amide bonds. The van der Waals surface area contributed by atoms with Gasteiger partial charge in [-0.05, 0) is 22.9 Å². The van der Waals surface area contributed by atoms with Gasteiger partial charge in [0.1, 0.15) is 0 Å². The quantitative estimate of drug-likeness (QED) is 0.566. The van der Waals surface area contributed by atoms with Crippen molar-refractivity contribution in [2.45, 2.75) is 0 Å². The highest BCUT2D eigenvalue weighted by molar-refractivity contribution is 5.85. The van der Waals surface area contributed by atoms with Crippen LogP contribution in [0.15, 0.2) is 42.4 Å². The van der Waals surface area contributed by atoms with E-state index in [9.17, 15) is 0 Å². The molecule has 0 aliphatic rings. The molecule has 2 aromatic rings. The van der Waals surface area contributed by atoms with Gasteiger partial charge in [0, 0.05) is 5.69 Å². The van der Waals surface area contributed by atoms with Crippen LogP contribution < -0.4 is 5.73 Å². The highest BCUT2D eigenvalue weighted by Gasteiger charge is 1.89. The summed E-state index contributed by atoms with van der Waals surface area (Å²) in [7, 11) is 0. The first-order chi connectivity index (χ1) is 6.18. The van der Waals surface area contributed by atoms with E-state index in [2.05, 4.69) is 0 Å². The molecule has 0 heterocycles. The molecule has 0 fully saturated rings. The first-order valence-electron chi connectivity index (χ1n) is 4.44. The molecule has 0 saturated heterocycles. The Hall–Kier alpha value is -1.50. The van der Waals surface area contributed by atoms with Gasteiger partial charge in [-0.2, -0.15) is 0 Å². The molecule has 0 atom stereocenters. The molecule has 0 aliphatic carbocycles. The fourth-order valence-corrected chi connectivity index (χ4v) is 1.06. The summed E-state index contributed by atoms with van der Waals surface area (Å²) in [5.74, 6) is 0. The van der Waals surface area contributed by atoms with Crippen molar-refractivity contribution in [3.8, 4) is 0 Å². The second kappa shape index (κ2) is 2.27. The fourth-order valence-electron chi connectivity index (χ4n) is 1.06. The lowest BCUT2D eigenvalue weighted by atomic mass is 10.1. The topological polar surface area (TPSA) is 26.0 Å². The molecule has 0 spiro atoms. The lowest BCUT2D eigenvalue weighted by molar-refractivity contribution is 1.73. The SMILES string of the molecule is [2H]c1cc(N)cc2c([2H])cccc12. The molecule has 0 bridgehead atoms. The summed E-state index contributed by atoms with van der Waals surface area (Å²) in [6.07, 6.45) is 0. The van der Waals surface area contributed by atoms with Gasteiger partial charge in [0.05, 0.1) is 2.74 Å². The Balaban J connectivity index is 2.94. The van der Waals surface area contributed by atoms with Crippen LogP contribution in [-0.2, 0) is 0 Å². The number of hydrogen-bond donors (Lipinski definition) is 1. The van der Waals surface area contributed by atoms with Crippen molar-refractivity contribution in [1.29, 1.82) is 0 Å². The van der Waals surface area contributed by atoms with Gasteiger partial charge in [0.2, 0.25) is 0 Å². The monoisotopic (exact) mass is 145 g/mol. The molecule has 11 heavy (non-hydrogen) atoms. The van der Waals surface area contributed by atoms with Gasteiger partial charge in [0.15, 0.2) is 0 Å². The van der Waals surface area contributed by atoms with E-state index in [0.717, 1.165) is 10.8 Å². The summed E-state index contributed by atoms with van der Waals surface area (Å²) < 4.78 is 15.3. The van der Waals surface area contributed by atoms with Crippen LogP contribution in [0.25, 0.3) is 10.8 Å². The Morgan fingerprint density at radius 1 is 1.09 bits per heavy atom. The van der Waals surface area contributed by atoms with Crippen LogP contribution in [-0.4, -0.2) is 0 Å². The van der Waals surface area contributed by atoms with Crippen LogP contribution in [0, 0.1) is 0 Å². The van der Waals surface area contributed by atoms with E-state index in [1.165, 1.54) is 0 Å². The van der Waals surface area contributed by atoms with E-state index in [0.29, 0.717) is 17.8 Å². The number of nitrogen functional groups attached to an aromatic ring is 1. The Bertz CT molecular complexity index is 466. The molecular formula is C10H9N. The Labute approximate surface area is 68.3 Å². The summed E-state index contributed by atoms with van der Waals surface area (Å²) in [6.45, 7) is 0. The molecule has 0 saturated carbocycles. The molecule has 2 aromatic carbocycles. The van der Waals surface area contributed by atoms with Gasteiger partial charge in [-0.1, -0.05) is 30.3 Å². The Kier molecular flexibility index (Phi) is 0.908. The van der Waals surface area contributed by atoms with Gasteiger partial charge < -0.3 is 5.73 Å². The third-order valence-corrected chi connectivity index (χ3v) is 1.59. The molecule has 0 unspecified atom stereocenters. The minimum atomic E-state index is 0.379. The van der Waals surface area contributed by atoms with E-state index >= 15 is 0 Å². The fraction of sp³-hybridized carbons (Fsp3) is 0. The second-order valence-electron chi connectivity index (χ2n) is 2.43. The van der Waals surface area contributed by atoms with E-state index in [1.807, 2.05) is 6.07 Å². The lowest BCUT2D eigenvalue weighted by Gasteiger charge is -1.96. The number of hydrogen-bond acceptors (Lipinski definition) is 1. The predicted molar refractivity (Wildman–Crippen MR) is 48.4 cm³/mol. The molecule has 0 aromatic heterocycles. The average Bonchev–Trinajstić information content (AvgIpc) is 2.07. The van der Waals surface area contributed by atoms with Crippen molar-refractivity contribution < 1.29 is 2.74 Å². The summed E-state index contributed by atoms with van der Waals surface area (Å²) in [6, 6.07) is 9.43. The Morgan fingerprint density at radius 2 is 2.00 bits per heavy atom. The third kappa shape index (κ3) is 1.05. The molecule has 0 radical (unpaired) electrons. The van der Waals surface area contributed by atoms with Gasteiger partial charge in [-0.25, -0.2) is 0 Å². The molecule has 1 nitrogen and oxygen atoms in total. The van der Waals surface area contributed by atoms with Crippen molar-refractivity contribution in [2.75, 3.05) is 5.73 Å².